The molecule has 2 heterocycles. The molecule has 2 aromatic carbocycles. The van der Waals surface area contributed by atoms with Crippen LogP contribution in [0.5, 0.6) is 0 Å². The Morgan fingerprint density at radius 3 is 2.63 bits per heavy atom. The van der Waals surface area contributed by atoms with Crippen molar-refractivity contribution in [1.29, 1.82) is 0 Å². The highest BCUT2D eigenvalue weighted by Crippen LogP contribution is 2.25. The first-order valence-electron chi connectivity index (χ1n) is 10.5. The predicted octanol–water partition coefficient (Wildman–Crippen LogP) is 3.73. The van der Waals surface area contributed by atoms with Gasteiger partial charge in [-0.3, -0.25) is 9.59 Å². The monoisotopic (exact) mass is 404 g/mol. The molecule has 1 aromatic heterocycles. The summed E-state index contributed by atoms with van der Waals surface area (Å²) in [4.78, 5) is 35.3. The second-order valence-corrected chi connectivity index (χ2v) is 8.53. The Hall–Kier alpha value is -3.15. The SMILES string of the molecule is Cc1ccc(CN2CC(C(=O)N[C@H](c3nc4ccccc4[nH]3)C(C)C)CC2=O)cc1. The number of hydrogen-bond donors (Lipinski definition) is 2. The number of imidazole rings is 1. The van der Waals surface area contributed by atoms with Crippen molar-refractivity contribution in [3.05, 3.63) is 65.5 Å². The molecule has 1 aliphatic heterocycles. The number of rotatable bonds is 6. The van der Waals surface area contributed by atoms with Gasteiger partial charge in [0, 0.05) is 19.5 Å². The number of aromatic nitrogens is 2. The summed E-state index contributed by atoms with van der Waals surface area (Å²) in [6.45, 7) is 7.14. The average molecular weight is 405 g/mol. The number of nitrogens with zero attached hydrogens (tertiary/aromatic N) is 2. The Morgan fingerprint density at radius 1 is 1.20 bits per heavy atom. The maximum Gasteiger partial charge on any atom is 0.226 e. The number of likely N-dealkylation sites (tertiary alicyclic amines) is 1. The predicted molar refractivity (Wildman–Crippen MR) is 117 cm³/mol. The lowest BCUT2D eigenvalue weighted by Gasteiger charge is -2.22. The number of hydrogen-bond acceptors (Lipinski definition) is 3. The summed E-state index contributed by atoms with van der Waals surface area (Å²) in [5.41, 5.74) is 4.10. The van der Waals surface area contributed by atoms with Crippen LogP contribution in [0.4, 0.5) is 0 Å². The van der Waals surface area contributed by atoms with Crippen LogP contribution in [0.3, 0.4) is 0 Å². The van der Waals surface area contributed by atoms with Gasteiger partial charge in [0.25, 0.3) is 0 Å². The molecule has 0 saturated carbocycles. The lowest BCUT2D eigenvalue weighted by molar-refractivity contribution is -0.129. The van der Waals surface area contributed by atoms with Gasteiger partial charge in [0.2, 0.25) is 11.8 Å². The van der Waals surface area contributed by atoms with E-state index in [2.05, 4.69) is 29.1 Å². The molecule has 2 amide bonds. The van der Waals surface area contributed by atoms with Crippen molar-refractivity contribution in [1.82, 2.24) is 20.2 Å². The first-order valence-corrected chi connectivity index (χ1v) is 10.5. The van der Waals surface area contributed by atoms with Gasteiger partial charge in [0.15, 0.2) is 0 Å². The van der Waals surface area contributed by atoms with E-state index >= 15 is 0 Å². The quantitative estimate of drug-likeness (QED) is 0.657. The third kappa shape index (κ3) is 4.22. The summed E-state index contributed by atoms with van der Waals surface area (Å²) >= 11 is 0. The van der Waals surface area contributed by atoms with Crippen LogP contribution in [-0.4, -0.2) is 33.2 Å². The van der Waals surface area contributed by atoms with Gasteiger partial charge in [0.1, 0.15) is 5.82 Å². The minimum Gasteiger partial charge on any atom is -0.346 e. The van der Waals surface area contributed by atoms with E-state index < -0.39 is 0 Å². The van der Waals surface area contributed by atoms with Crippen LogP contribution in [0.2, 0.25) is 0 Å². The topological polar surface area (TPSA) is 78.1 Å². The number of para-hydroxylation sites is 2. The lowest BCUT2D eigenvalue weighted by atomic mass is 10.0. The first-order chi connectivity index (χ1) is 14.4. The third-order valence-electron chi connectivity index (χ3n) is 5.75. The minimum absolute atomic E-state index is 0.0283. The van der Waals surface area contributed by atoms with Crippen molar-refractivity contribution < 1.29 is 9.59 Å². The number of benzene rings is 2. The zero-order chi connectivity index (χ0) is 21.3. The van der Waals surface area contributed by atoms with Crippen molar-refractivity contribution in [2.75, 3.05) is 6.54 Å². The normalized spacial score (nSPS) is 17.7. The summed E-state index contributed by atoms with van der Waals surface area (Å²) in [5, 5.41) is 3.14. The Kier molecular flexibility index (Phi) is 5.57. The van der Waals surface area contributed by atoms with Gasteiger partial charge in [-0.25, -0.2) is 4.98 Å². The van der Waals surface area contributed by atoms with Crippen LogP contribution in [0.1, 0.15) is 43.3 Å². The van der Waals surface area contributed by atoms with E-state index in [9.17, 15) is 9.59 Å². The van der Waals surface area contributed by atoms with Gasteiger partial charge in [-0.05, 0) is 30.5 Å². The molecule has 0 spiro atoms. The molecule has 30 heavy (non-hydrogen) atoms. The number of aromatic amines is 1. The summed E-state index contributed by atoms with van der Waals surface area (Å²) in [7, 11) is 0. The molecule has 1 unspecified atom stereocenters. The zero-order valence-corrected chi connectivity index (χ0v) is 17.7. The van der Waals surface area contributed by atoms with Gasteiger partial charge in [-0.2, -0.15) is 0 Å². The molecule has 0 bridgehead atoms. The third-order valence-corrected chi connectivity index (χ3v) is 5.75. The van der Waals surface area contributed by atoms with Gasteiger partial charge in [-0.1, -0.05) is 55.8 Å². The fraction of sp³-hybridized carbons (Fsp3) is 0.375. The fourth-order valence-electron chi connectivity index (χ4n) is 3.96. The van der Waals surface area contributed by atoms with Crippen LogP contribution in [0, 0.1) is 18.8 Å². The van der Waals surface area contributed by atoms with Crippen molar-refractivity contribution in [2.24, 2.45) is 11.8 Å². The second kappa shape index (κ2) is 8.30. The molecule has 0 radical (unpaired) electrons. The van der Waals surface area contributed by atoms with E-state index in [0.29, 0.717) is 13.1 Å². The summed E-state index contributed by atoms with van der Waals surface area (Å²) in [6.07, 6.45) is 0.253. The molecule has 0 aliphatic carbocycles. The Bertz CT molecular complexity index is 1020. The van der Waals surface area contributed by atoms with Crippen molar-refractivity contribution in [3.63, 3.8) is 0 Å². The van der Waals surface area contributed by atoms with Gasteiger partial charge < -0.3 is 15.2 Å². The van der Waals surface area contributed by atoms with Gasteiger partial charge in [-0.15, -0.1) is 0 Å². The average Bonchev–Trinajstić information content (AvgIpc) is 3.31. The number of fused-ring (bicyclic) bond motifs is 1. The highest BCUT2D eigenvalue weighted by atomic mass is 16.2. The van der Waals surface area contributed by atoms with Crippen molar-refractivity contribution >= 4 is 22.8 Å². The van der Waals surface area contributed by atoms with Gasteiger partial charge in [0.05, 0.1) is 23.0 Å². The van der Waals surface area contributed by atoms with Crippen LogP contribution >= 0.6 is 0 Å². The Balaban J connectivity index is 1.44. The molecular formula is C24H28N4O2. The van der Waals surface area contributed by atoms with Gasteiger partial charge >= 0.3 is 0 Å². The molecule has 1 fully saturated rings. The number of nitrogens with one attached hydrogen (secondary N) is 2. The molecule has 6 nitrogen and oxygen atoms in total. The van der Waals surface area contributed by atoms with Crippen LogP contribution in [-0.2, 0) is 16.1 Å². The summed E-state index contributed by atoms with van der Waals surface area (Å²) < 4.78 is 0. The Morgan fingerprint density at radius 2 is 1.93 bits per heavy atom. The smallest absolute Gasteiger partial charge is 0.226 e. The number of H-pyrrole nitrogens is 1. The minimum atomic E-state index is -0.339. The van der Waals surface area contributed by atoms with E-state index in [0.717, 1.165) is 22.4 Å². The van der Waals surface area contributed by atoms with E-state index in [1.807, 2.05) is 55.5 Å². The van der Waals surface area contributed by atoms with E-state index in [1.165, 1.54) is 5.56 Å². The standard InChI is InChI=1S/C24H28N4O2/c1-15(2)22(23-25-19-6-4-5-7-20(19)26-23)27-24(30)18-12-21(29)28(14-18)13-17-10-8-16(3)9-11-17/h4-11,15,18,22H,12-14H2,1-3H3,(H,25,26)(H,27,30)/t18?,22-/m0/s1. The molecule has 4 rings (SSSR count). The highest BCUT2D eigenvalue weighted by molar-refractivity contribution is 5.89. The molecule has 2 N–H and O–H groups in total. The fourth-order valence-corrected chi connectivity index (χ4v) is 3.96. The van der Waals surface area contributed by atoms with Crippen LogP contribution < -0.4 is 5.32 Å². The molecule has 3 aromatic rings. The number of carbonyl (C=O) groups excluding carboxylic acids is 2. The summed E-state index contributed by atoms with van der Waals surface area (Å²) in [6, 6.07) is 15.8. The maximum atomic E-state index is 13.0. The van der Waals surface area contributed by atoms with E-state index in [-0.39, 0.29) is 36.1 Å². The Labute approximate surface area is 176 Å². The van der Waals surface area contributed by atoms with Crippen molar-refractivity contribution in [3.8, 4) is 0 Å². The number of aryl methyl sites for hydroxylation is 1. The second-order valence-electron chi connectivity index (χ2n) is 8.53. The molecule has 2 atom stereocenters. The number of carbonyl (C=O) groups is 2. The highest BCUT2D eigenvalue weighted by Gasteiger charge is 2.35. The molecule has 156 valence electrons. The molecule has 6 heteroatoms. The van der Waals surface area contributed by atoms with Crippen LogP contribution in [0.25, 0.3) is 11.0 Å². The zero-order valence-electron chi connectivity index (χ0n) is 17.7. The summed E-state index contributed by atoms with van der Waals surface area (Å²) in [5.74, 6) is 0.513. The molecule has 1 saturated heterocycles. The van der Waals surface area contributed by atoms with Crippen LogP contribution in [0.15, 0.2) is 48.5 Å². The van der Waals surface area contributed by atoms with Crippen molar-refractivity contribution in [2.45, 2.75) is 39.8 Å². The molecule has 1 aliphatic rings. The first kappa shape index (κ1) is 20.1. The van der Waals surface area contributed by atoms with E-state index in [4.69, 9.17) is 0 Å². The maximum absolute atomic E-state index is 13.0. The number of amides is 2. The largest absolute Gasteiger partial charge is 0.346 e. The molecular weight excluding hydrogens is 376 g/mol. The van der Waals surface area contributed by atoms with E-state index in [1.54, 1.807) is 4.90 Å². The lowest BCUT2D eigenvalue weighted by Crippen LogP contribution is -2.38.